The van der Waals surface area contributed by atoms with Crippen molar-refractivity contribution < 1.29 is 30.0 Å². The third-order valence-corrected chi connectivity index (χ3v) is 6.46. The molecule has 0 spiro atoms. The van der Waals surface area contributed by atoms with Crippen LogP contribution in [0, 0.1) is 23.7 Å². The van der Waals surface area contributed by atoms with Crippen LogP contribution in [0.15, 0.2) is 36.4 Å². The number of carbonyl (C=O) groups is 1. The summed E-state index contributed by atoms with van der Waals surface area (Å²) in [5.41, 5.74) is 0. The van der Waals surface area contributed by atoms with Crippen LogP contribution in [0.5, 0.6) is 5.75 Å². The SMILES string of the molecule is C[C@H]1C[C@@H](O)[C@H](/C=C/[C@@H](O)COc2cccc(Cl)c2)[C@H]1CC[C@@H](CO)CCCC(=O)O. The van der Waals surface area contributed by atoms with E-state index in [-0.39, 0.29) is 37.4 Å². The van der Waals surface area contributed by atoms with Crippen molar-refractivity contribution in [3.8, 4) is 5.75 Å². The van der Waals surface area contributed by atoms with Crippen LogP contribution in [0.1, 0.15) is 45.4 Å². The minimum atomic E-state index is -0.813. The standard InChI is InChI=1S/C24H35ClO6/c1-16-12-23(28)22(21(16)10-8-17(14-26)4-2-7-24(29)30)11-9-19(27)15-31-20-6-3-5-18(25)13-20/h3,5-6,9,11,13,16-17,19,21-23,26-28H,2,4,7-8,10,12,14-15H2,1H3,(H,29,30)/b11-9+/t16-,17-,19+,21-,22+,23+/m0/s1. The second-order valence-corrected chi connectivity index (χ2v) is 9.09. The van der Waals surface area contributed by atoms with E-state index in [1.54, 1.807) is 30.3 Å². The lowest BCUT2D eigenvalue weighted by molar-refractivity contribution is -0.137. The number of hydrogen-bond acceptors (Lipinski definition) is 5. The molecule has 4 N–H and O–H groups in total. The van der Waals surface area contributed by atoms with Gasteiger partial charge in [0.15, 0.2) is 0 Å². The Morgan fingerprint density at radius 3 is 2.81 bits per heavy atom. The summed E-state index contributed by atoms with van der Waals surface area (Å²) in [4.78, 5) is 10.7. The Hall–Kier alpha value is -1.60. The molecule has 1 fully saturated rings. The smallest absolute Gasteiger partial charge is 0.303 e. The first-order valence-corrected chi connectivity index (χ1v) is 11.4. The first-order valence-electron chi connectivity index (χ1n) is 11.1. The number of halogens is 1. The predicted molar refractivity (Wildman–Crippen MR) is 120 cm³/mol. The van der Waals surface area contributed by atoms with Gasteiger partial charge in [-0.1, -0.05) is 36.7 Å². The van der Waals surface area contributed by atoms with Crippen molar-refractivity contribution in [2.75, 3.05) is 13.2 Å². The first-order chi connectivity index (χ1) is 14.8. The van der Waals surface area contributed by atoms with Crippen LogP contribution in [0.25, 0.3) is 0 Å². The van der Waals surface area contributed by atoms with Crippen molar-refractivity contribution in [1.29, 1.82) is 0 Å². The molecule has 0 aromatic heterocycles. The summed E-state index contributed by atoms with van der Waals surface area (Å²) in [7, 11) is 0. The van der Waals surface area contributed by atoms with Crippen LogP contribution < -0.4 is 4.74 Å². The van der Waals surface area contributed by atoms with Gasteiger partial charge in [-0.05, 0) is 68.1 Å². The van der Waals surface area contributed by atoms with E-state index in [2.05, 4.69) is 6.92 Å². The van der Waals surface area contributed by atoms with E-state index < -0.39 is 18.2 Å². The molecule has 2 rings (SSSR count). The fourth-order valence-corrected chi connectivity index (χ4v) is 4.65. The molecule has 1 aromatic rings. The van der Waals surface area contributed by atoms with Gasteiger partial charge in [0.1, 0.15) is 18.5 Å². The van der Waals surface area contributed by atoms with Crippen LogP contribution >= 0.6 is 11.6 Å². The van der Waals surface area contributed by atoms with Gasteiger partial charge in [0.05, 0.1) is 6.10 Å². The van der Waals surface area contributed by atoms with E-state index in [1.807, 2.05) is 6.08 Å². The Morgan fingerprint density at radius 2 is 2.13 bits per heavy atom. The van der Waals surface area contributed by atoms with Gasteiger partial charge < -0.3 is 25.2 Å². The van der Waals surface area contributed by atoms with E-state index in [1.165, 1.54) is 0 Å². The normalized spacial score (nSPS) is 25.6. The van der Waals surface area contributed by atoms with Gasteiger partial charge in [0, 0.05) is 24.0 Å². The van der Waals surface area contributed by atoms with Gasteiger partial charge in [-0.15, -0.1) is 0 Å². The molecule has 1 saturated carbocycles. The molecule has 6 atom stereocenters. The van der Waals surface area contributed by atoms with E-state index in [0.29, 0.717) is 36.0 Å². The first kappa shape index (κ1) is 25.7. The lowest BCUT2D eigenvalue weighted by atomic mass is 9.82. The Balaban J connectivity index is 1.86. The fraction of sp³-hybridized carbons (Fsp3) is 0.625. The molecule has 1 aliphatic carbocycles. The Bertz CT molecular complexity index is 709. The molecule has 1 aliphatic rings. The highest BCUT2D eigenvalue weighted by atomic mass is 35.5. The zero-order valence-electron chi connectivity index (χ0n) is 18.1. The third kappa shape index (κ3) is 8.81. The van der Waals surface area contributed by atoms with Gasteiger partial charge >= 0.3 is 5.97 Å². The maximum Gasteiger partial charge on any atom is 0.303 e. The molecule has 0 bridgehead atoms. The monoisotopic (exact) mass is 454 g/mol. The van der Waals surface area contributed by atoms with Gasteiger partial charge in [-0.2, -0.15) is 0 Å². The van der Waals surface area contributed by atoms with Crippen molar-refractivity contribution in [1.82, 2.24) is 0 Å². The molecular formula is C24H35ClO6. The van der Waals surface area contributed by atoms with Crippen molar-refractivity contribution in [2.24, 2.45) is 23.7 Å². The summed E-state index contributed by atoms with van der Waals surface area (Å²) in [6.07, 6.45) is 6.03. The van der Waals surface area contributed by atoms with Crippen LogP contribution in [0.3, 0.4) is 0 Å². The number of benzene rings is 1. The van der Waals surface area contributed by atoms with Crippen molar-refractivity contribution in [3.63, 3.8) is 0 Å². The Kier molecular flexibility index (Phi) is 10.8. The topological polar surface area (TPSA) is 107 Å². The quantitative estimate of drug-likeness (QED) is 0.336. The van der Waals surface area contributed by atoms with E-state index >= 15 is 0 Å². The highest BCUT2D eigenvalue weighted by Crippen LogP contribution is 2.41. The summed E-state index contributed by atoms with van der Waals surface area (Å²) < 4.78 is 5.57. The van der Waals surface area contributed by atoms with Crippen LogP contribution in [-0.4, -0.2) is 51.8 Å². The average molecular weight is 455 g/mol. The van der Waals surface area contributed by atoms with Crippen molar-refractivity contribution in [3.05, 3.63) is 41.4 Å². The van der Waals surface area contributed by atoms with Gasteiger partial charge in [0.2, 0.25) is 0 Å². The molecule has 0 saturated heterocycles. The summed E-state index contributed by atoms with van der Waals surface area (Å²) in [6.45, 7) is 2.26. The molecular weight excluding hydrogens is 420 g/mol. The second-order valence-electron chi connectivity index (χ2n) is 8.65. The summed E-state index contributed by atoms with van der Waals surface area (Å²) in [5.74, 6) is 0.376. The third-order valence-electron chi connectivity index (χ3n) is 6.22. The molecule has 7 heteroatoms. The fourth-order valence-electron chi connectivity index (χ4n) is 4.47. The number of aliphatic hydroxyl groups is 3. The second kappa shape index (κ2) is 13.1. The lowest BCUT2D eigenvalue weighted by Crippen LogP contribution is -2.21. The maximum atomic E-state index is 10.7. The Labute approximate surface area is 189 Å². The highest BCUT2D eigenvalue weighted by Gasteiger charge is 2.38. The molecule has 0 unspecified atom stereocenters. The zero-order valence-corrected chi connectivity index (χ0v) is 18.8. The number of aliphatic carboxylic acids is 1. The number of aliphatic hydroxyl groups excluding tert-OH is 3. The largest absolute Gasteiger partial charge is 0.491 e. The molecule has 0 aliphatic heterocycles. The summed E-state index contributed by atoms with van der Waals surface area (Å²) in [5, 5.41) is 39.8. The van der Waals surface area contributed by atoms with Gasteiger partial charge in [-0.25, -0.2) is 0 Å². The van der Waals surface area contributed by atoms with Crippen LogP contribution in [0.2, 0.25) is 5.02 Å². The van der Waals surface area contributed by atoms with Gasteiger partial charge in [0.25, 0.3) is 0 Å². The summed E-state index contributed by atoms with van der Waals surface area (Å²) >= 11 is 5.93. The number of carboxylic acid groups (broad SMARTS) is 1. The van der Waals surface area contributed by atoms with Crippen molar-refractivity contribution >= 4 is 17.6 Å². The molecule has 31 heavy (non-hydrogen) atoms. The predicted octanol–water partition coefficient (Wildman–Crippen LogP) is 3.91. The lowest BCUT2D eigenvalue weighted by Gasteiger charge is -2.24. The molecule has 0 radical (unpaired) electrons. The van der Waals surface area contributed by atoms with E-state index in [0.717, 1.165) is 12.8 Å². The number of rotatable bonds is 13. The number of hydrogen-bond donors (Lipinski definition) is 4. The molecule has 6 nitrogen and oxygen atoms in total. The average Bonchev–Trinajstić information content (AvgIpc) is 2.99. The molecule has 1 aromatic carbocycles. The molecule has 174 valence electrons. The van der Waals surface area contributed by atoms with Gasteiger partial charge in [-0.3, -0.25) is 4.79 Å². The van der Waals surface area contributed by atoms with E-state index in [9.17, 15) is 20.1 Å². The van der Waals surface area contributed by atoms with E-state index in [4.69, 9.17) is 21.4 Å². The zero-order chi connectivity index (χ0) is 22.8. The van der Waals surface area contributed by atoms with Crippen LogP contribution in [0.4, 0.5) is 0 Å². The maximum absolute atomic E-state index is 10.7. The minimum Gasteiger partial charge on any atom is -0.491 e. The minimum absolute atomic E-state index is 0.0450. The summed E-state index contributed by atoms with van der Waals surface area (Å²) in [6, 6.07) is 6.99. The van der Waals surface area contributed by atoms with Crippen molar-refractivity contribution in [2.45, 2.75) is 57.7 Å². The highest BCUT2D eigenvalue weighted by molar-refractivity contribution is 6.30. The number of carboxylic acids is 1. The molecule has 0 amide bonds. The number of ether oxygens (including phenoxy) is 1. The van der Waals surface area contributed by atoms with Crippen LogP contribution in [-0.2, 0) is 4.79 Å². The Morgan fingerprint density at radius 1 is 1.35 bits per heavy atom. The molecule has 0 heterocycles.